The SMILES string of the molecule is NC(=O)N(S)c1cccc(OCCCCCOc2ccc(-c3ccc(Br)cc3)cc2)c1. The highest BCUT2D eigenvalue weighted by atomic mass is 79.9. The molecule has 2 N–H and O–H groups in total. The Balaban J connectivity index is 1.33. The quantitative estimate of drug-likeness (QED) is 0.247. The summed E-state index contributed by atoms with van der Waals surface area (Å²) >= 11 is 7.51. The Morgan fingerprint density at radius 2 is 1.42 bits per heavy atom. The molecule has 0 bridgehead atoms. The number of benzene rings is 3. The van der Waals surface area contributed by atoms with Crippen LogP contribution in [-0.2, 0) is 0 Å². The predicted molar refractivity (Wildman–Crippen MR) is 132 cm³/mol. The second-order valence-electron chi connectivity index (χ2n) is 6.94. The molecule has 0 unspecified atom stereocenters. The van der Waals surface area contributed by atoms with Crippen LogP contribution in [0.2, 0.25) is 0 Å². The summed E-state index contributed by atoms with van der Waals surface area (Å²) in [4.78, 5) is 11.2. The number of carbonyl (C=O) groups excluding carboxylic acids is 1. The van der Waals surface area contributed by atoms with Crippen LogP contribution in [0.15, 0.2) is 77.3 Å². The number of hydrogen-bond donors (Lipinski definition) is 2. The summed E-state index contributed by atoms with van der Waals surface area (Å²) < 4.78 is 13.7. The summed E-state index contributed by atoms with van der Waals surface area (Å²) in [5.74, 6) is 1.56. The van der Waals surface area contributed by atoms with Gasteiger partial charge in [-0.15, -0.1) is 0 Å². The molecule has 0 aliphatic carbocycles. The summed E-state index contributed by atoms with van der Waals surface area (Å²) in [6, 6.07) is 22.9. The molecule has 0 heterocycles. The van der Waals surface area contributed by atoms with E-state index in [-0.39, 0.29) is 0 Å². The Morgan fingerprint density at radius 1 is 0.839 bits per heavy atom. The average molecular weight is 501 g/mol. The third-order valence-corrected chi connectivity index (χ3v) is 5.59. The number of halogens is 1. The third kappa shape index (κ3) is 7.22. The van der Waals surface area contributed by atoms with Gasteiger partial charge in [-0.25, -0.2) is 9.10 Å². The van der Waals surface area contributed by atoms with Crippen molar-refractivity contribution in [2.75, 3.05) is 17.5 Å². The molecule has 3 aromatic carbocycles. The second kappa shape index (κ2) is 11.7. The molecule has 0 aliphatic heterocycles. The van der Waals surface area contributed by atoms with E-state index in [2.05, 4.69) is 53.0 Å². The van der Waals surface area contributed by atoms with E-state index in [4.69, 9.17) is 15.2 Å². The number of hydrogen-bond acceptors (Lipinski definition) is 4. The van der Waals surface area contributed by atoms with Crippen LogP contribution in [0.25, 0.3) is 11.1 Å². The number of rotatable bonds is 10. The topological polar surface area (TPSA) is 64.8 Å². The van der Waals surface area contributed by atoms with Crippen LogP contribution >= 0.6 is 28.7 Å². The van der Waals surface area contributed by atoms with E-state index in [0.717, 1.165) is 39.4 Å². The van der Waals surface area contributed by atoms with Crippen LogP contribution in [-0.4, -0.2) is 19.2 Å². The van der Waals surface area contributed by atoms with Gasteiger partial charge in [0.1, 0.15) is 11.5 Å². The molecule has 0 saturated carbocycles. The first-order valence-electron chi connectivity index (χ1n) is 10.0. The molecule has 3 rings (SSSR count). The van der Waals surface area contributed by atoms with Gasteiger partial charge in [0.05, 0.1) is 18.9 Å². The molecule has 0 fully saturated rings. The van der Waals surface area contributed by atoms with Crippen LogP contribution in [0.3, 0.4) is 0 Å². The fourth-order valence-corrected chi connectivity index (χ4v) is 3.37. The summed E-state index contributed by atoms with van der Waals surface area (Å²) in [6.45, 7) is 1.26. The van der Waals surface area contributed by atoms with E-state index >= 15 is 0 Å². The number of thiol groups is 1. The number of nitrogens with zero attached hydrogens (tertiary/aromatic N) is 1. The molecule has 0 atom stereocenters. The minimum atomic E-state index is -0.636. The maximum Gasteiger partial charge on any atom is 0.329 e. The van der Waals surface area contributed by atoms with E-state index in [1.165, 1.54) is 5.56 Å². The zero-order valence-corrected chi connectivity index (χ0v) is 19.5. The molecule has 0 radical (unpaired) electrons. The Hall–Kier alpha value is -2.64. The maximum atomic E-state index is 11.2. The van der Waals surface area contributed by atoms with Crippen molar-refractivity contribution in [1.29, 1.82) is 0 Å². The van der Waals surface area contributed by atoms with Crippen molar-refractivity contribution in [2.45, 2.75) is 19.3 Å². The monoisotopic (exact) mass is 500 g/mol. The molecular formula is C24H25BrN2O3S. The van der Waals surface area contributed by atoms with Crippen LogP contribution in [0, 0.1) is 0 Å². The van der Waals surface area contributed by atoms with Gasteiger partial charge in [0, 0.05) is 10.5 Å². The lowest BCUT2D eigenvalue weighted by Crippen LogP contribution is -2.27. The number of anilines is 1. The van der Waals surface area contributed by atoms with Gasteiger partial charge in [0.25, 0.3) is 0 Å². The van der Waals surface area contributed by atoms with Gasteiger partial charge in [0.15, 0.2) is 0 Å². The van der Waals surface area contributed by atoms with Crippen molar-refractivity contribution in [2.24, 2.45) is 5.73 Å². The molecule has 5 nitrogen and oxygen atoms in total. The molecule has 162 valence electrons. The van der Waals surface area contributed by atoms with Crippen molar-refractivity contribution in [3.05, 3.63) is 77.3 Å². The molecule has 31 heavy (non-hydrogen) atoms. The zero-order chi connectivity index (χ0) is 22.1. The van der Waals surface area contributed by atoms with E-state index in [1.807, 2.05) is 30.3 Å². The first kappa shape index (κ1) is 23.0. The van der Waals surface area contributed by atoms with Gasteiger partial charge in [-0.1, -0.05) is 59.1 Å². The van der Waals surface area contributed by atoms with E-state index in [0.29, 0.717) is 24.7 Å². The Kier molecular flexibility index (Phi) is 8.67. The smallest absolute Gasteiger partial charge is 0.329 e. The van der Waals surface area contributed by atoms with Crippen molar-refractivity contribution < 1.29 is 14.3 Å². The van der Waals surface area contributed by atoms with Crippen molar-refractivity contribution in [3.8, 4) is 22.6 Å². The fraction of sp³-hybridized carbons (Fsp3) is 0.208. The van der Waals surface area contributed by atoms with Crippen LogP contribution < -0.4 is 19.5 Å². The van der Waals surface area contributed by atoms with E-state index in [1.54, 1.807) is 18.2 Å². The molecular weight excluding hydrogens is 476 g/mol. The number of ether oxygens (including phenoxy) is 2. The predicted octanol–water partition coefficient (Wildman–Crippen LogP) is 6.47. The fourth-order valence-electron chi connectivity index (χ4n) is 2.98. The largest absolute Gasteiger partial charge is 0.494 e. The lowest BCUT2D eigenvalue weighted by Gasteiger charge is -2.14. The Morgan fingerprint density at radius 3 is 2.03 bits per heavy atom. The maximum absolute atomic E-state index is 11.2. The van der Waals surface area contributed by atoms with Crippen molar-refractivity contribution in [1.82, 2.24) is 0 Å². The number of urea groups is 1. The van der Waals surface area contributed by atoms with Gasteiger partial charge < -0.3 is 15.2 Å². The molecule has 0 saturated heterocycles. The first-order chi connectivity index (χ1) is 15.0. The van der Waals surface area contributed by atoms with E-state index in [9.17, 15) is 4.79 Å². The Labute approximate surface area is 196 Å². The molecule has 0 aromatic heterocycles. The normalized spacial score (nSPS) is 10.5. The van der Waals surface area contributed by atoms with Crippen LogP contribution in [0.4, 0.5) is 10.5 Å². The van der Waals surface area contributed by atoms with Gasteiger partial charge in [0.2, 0.25) is 0 Å². The number of nitrogens with two attached hydrogens (primary N) is 1. The summed E-state index contributed by atoms with van der Waals surface area (Å²) in [6.07, 6.45) is 2.86. The van der Waals surface area contributed by atoms with Crippen LogP contribution in [0.1, 0.15) is 19.3 Å². The first-order valence-corrected chi connectivity index (χ1v) is 11.2. The molecule has 2 amide bonds. The highest BCUT2D eigenvalue weighted by molar-refractivity contribution is 9.10. The number of carbonyl (C=O) groups is 1. The highest BCUT2D eigenvalue weighted by Gasteiger charge is 2.08. The van der Waals surface area contributed by atoms with Gasteiger partial charge in [-0.05, 0) is 66.8 Å². The lowest BCUT2D eigenvalue weighted by atomic mass is 10.1. The Bertz CT molecular complexity index is 981. The lowest BCUT2D eigenvalue weighted by molar-refractivity contribution is 0.257. The molecule has 0 spiro atoms. The van der Waals surface area contributed by atoms with Crippen molar-refractivity contribution >= 4 is 40.5 Å². The second-order valence-corrected chi connectivity index (χ2v) is 8.25. The molecule has 0 aliphatic rings. The third-order valence-electron chi connectivity index (χ3n) is 4.63. The minimum absolute atomic E-state index is 0.577. The zero-order valence-electron chi connectivity index (χ0n) is 17.0. The van der Waals surface area contributed by atoms with Crippen LogP contribution in [0.5, 0.6) is 11.5 Å². The number of amides is 2. The molecule has 7 heteroatoms. The van der Waals surface area contributed by atoms with Crippen molar-refractivity contribution in [3.63, 3.8) is 0 Å². The van der Waals surface area contributed by atoms with Gasteiger partial charge in [-0.3, -0.25) is 0 Å². The number of primary amides is 1. The summed E-state index contributed by atoms with van der Waals surface area (Å²) in [5, 5.41) is 0. The van der Waals surface area contributed by atoms with Gasteiger partial charge >= 0.3 is 6.03 Å². The highest BCUT2D eigenvalue weighted by Crippen LogP contribution is 2.25. The van der Waals surface area contributed by atoms with E-state index < -0.39 is 6.03 Å². The average Bonchev–Trinajstić information content (AvgIpc) is 2.79. The number of unbranched alkanes of at least 4 members (excludes halogenated alkanes) is 2. The summed E-state index contributed by atoms with van der Waals surface area (Å²) in [7, 11) is 0. The molecule has 3 aromatic rings. The standard InChI is InChI=1S/C24H25BrN2O3S/c25-20-11-7-18(8-12-20)19-9-13-22(14-10-19)29-15-2-1-3-16-30-23-6-4-5-21(17-23)27(31)24(26)28/h4-14,17,31H,1-3,15-16H2,(H2,26,28). The summed E-state index contributed by atoms with van der Waals surface area (Å²) in [5.41, 5.74) is 8.14. The van der Waals surface area contributed by atoms with Gasteiger partial charge in [-0.2, -0.15) is 0 Å². The minimum Gasteiger partial charge on any atom is -0.494 e.